The first-order valence-corrected chi connectivity index (χ1v) is 9.87. The molecule has 0 unspecified atom stereocenters. The first kappa shape index (κ1) is 17.9. The molecule has 1 aromatic carbocycles. The Morgan fingerprint density at radius 2 is 1.93 bits per heavy atom. The van der Waals surface area contributed by atoms with Gasteiger partial charge in [-0.05, 0) is 43.2 Å². The summed E-state index contributed by atoms with van der Waals surface area (Å²) >= 11 is 6.24. The fraction of sp³-hybridized carbons (Fsp3) is 0.318. The van der Waals surface area contributed by atoms with Crippen molar-refractivity contribution in [3.8, 4) is 5.75 Å². The third-order valence-electron chi connectivity index (χ3n) is 5.12. The molecule has 5 heteroatoms. The van der Waals surface area contributed by atoms with Crippen molar-refractivity contribution < 1.29 is 4.74 Å². The number of anilines is 1. The van der Waals surface area contributed by atoms with Gasteiger partial charge in [0.2, 0.25) is 0 Å². The zero-order chi connectivity index (χ0) is 18.6. The van der Waals surface area contributed by atoms with Crippen molar-refractivity contribution in [3.63, 3.8) is 0 Å². The fourth-order valence-corrected chi connectivity index (χ4v) is 3.87. The van der Waals surface area contributed by atoms with Crippen LogP contribution < -0.4 is 10.1 Å². The first-order valence-electron chi connectivity index (χ1n) is 9.50. The average molecular weight is 382 g/mol. The second-order valence-corrected chi connectivity index (χ2v) is 7.41. The predicted octanol–water partition coefficient (Wildman–Crippen LogP) is 5.91. The quantitative estimate of drug-likeness (QED) is 0.596. The van der Waals surface area contributed by atoms with Crippen molar-refractivity contribution in [1.29, 1.82) is 0 Å². The van der Waals surface area contributed by atoms with Crippen LogP contribution in [-0.4, -0.2) is 22.5 Å². The molecule has 1 N–H and O–H groups in total. The molecule has 2 heterocycles. The lowest BCUT2D eigenvalue weighted by molar-refractivity contribution is 0.414. The van der Waals surface area contributed by atoms with Gasteiger partial charge < -0.3 is 10.1 Å². The molecule has 0 atom stereocenters. The van der Waals surface area contributed by atoms with Gasteiger partial charge >= 0.3 is 0 Å². The molecule has 1 saturated carbocycles. The van der Waals surface area contributed by atoms with Crippen LogP contribution in [0.25, 0.3) is 17.8 Å². The molecule has 0 radical (unpaired) electrons. The molecule has 1 fully saturated rings. The molecule has 27 heavy (non-hydrogen) atoms. The minimum absolute atomic E-state index is 0.482. The summed E-state index contributed by atoms with van der Waals surface area (Å²) in [6.45, 7) is 0. The molecule has 0 bridgehead atoms. The summed E-state index contributed by atoms with van der Waals surface area (Å²) < 4.78 is 7.50. The number of methoxy groups -OCH3 is 1. The zero-order valence-electron chi connectivity index (χ0n) is 15.5. The summed E-state index contributed by atoms with van der Waals surface area (Å²) in [5.74, 6) is 1.85. The number of benzene rings is 1. The molecule has 0 spiro atoms. The number of aromatic nitrogens is 2. The van der Waals surface area contributed by atoms with Crippen LogP contribution >= 0.6 is 11.6 Å². The maximum atomic E-state index is 6.24. The Bertz CT molecular complexity index is 957. The lowest BCUT2D eigenvalue weighted by Crippen LogP contribution is -2.23. The number of pyridine rings is 1. The highest BCUT2D eigenvalue weighted by Gasteiger charge is 2.18. The second-order valence-electron chi connectivity index (χ2n) is 6.98. The highest BCUT2D eigenvalue weighted by molar-refractivity contribution is 6.30. The Labute approximate surface area is 164 Å². The van der Waals surface area contributed by atoms with E-state index in [1.54, 1.807) is 7.11 Å². The van der Waals surface area contributed by atoms with E-state index in [0.29, 0.717) is 11.1 Å². The number of rotatable bonds is 5. The maximum Gasteiger partial charge on any atom is 0.139 e. The Morgan fingerprint density at radius 1 is 1.11 bits per heavy atom. The van der Waals surface area contributed by atoms with Crippen molar-refractivity contribution in [1.82, 2.24) is 9.38 Å². The topological polar surface area (TPSA) is 38.6 Å². The lowest BCUT2D eigenvalue weighted by Gasteiger charge is -2.23. The molecule has 4 nitrogen and oxygen atoms in total. The summed E-state index contributed by atoms with van der Waals surface area (Å²) in [7, 11) is 1.69. The largest absolute Gasteiger partial charge is 0.496 e. The number of fused-ring (bicyclic) bond motifs is 1. The number of ether oxygens (including phenoxy) is 1. The van der Waals surface area contributed by atoms with Crippen molar-refractivity contribution in [3.05, 3.63) is 58.9 Å². The number of hydrogen-bond acceptors (Lipinski definition) is 3. The van der Waals surface area contributed by atoms with Crippen molar-refractivity contribution in [2.75, 3.05) is 12.4 Å². The summed E-state index contributed by atoms with van der Waals surface area (Å²) in [6, 6.07) is 12.3. The van der Waals surface area contributed by atoms with Gasteiger partial charge in [0, 0.05) is 17.8 Å². The third-order valence-corrected chi connectivity index (χ3v) is 5.34. The predicted molar refractivity (Wildman–Crippen MR) is 113 cm³/mol. The van der Waals surface area contributed by atoms with Crippen LogP contribution in [0.5, 0.6) is 5.75 Å². The zero-order valence-corrected chi connectivity index (χ0v) is 16.2. The molecule has 4 rings (SSSR count). The molecule has 1 aliphatic rings. The molecular formula is C22H24ClN3O. The smallest absolute Gasteiger partial charge is 0.139 e. The van der Waals surface area contributed by atoms with Crippen LogP contribution in [-0.2, 0) is 0 Å². The minimum atomic E-state index is 0.482. The van der Waals surface area contributed by atoms with Crippen LogP contribution in [0.1, 0.15) is 43.4 Å². The van der Waals surface area contributed by atoms with E-state index in [4.69, 9.17) is 21.3 Å². The van der Waals surface area contributed by atoms with E-state index < -0.39 is 0 Å². The van der Waals surface area contributed by atoms with Crippen LogP contribution in [0.2, 0.25) is 5.02 Å². The average Bonchev–Trinajstić information content (AvgIpc) is 3.04. The number of imidazole rings is 1. The number of hydrogen-bond donors (Lipinski definition) is 1. The van der Waals surface area contributed by atoms with Crippen LogP contribution in [0.4, 0.5) is 5.82 Å². The van der Waals surface area contributed by atoms with E-state index in [1.165, 1.54) is 32.1 Å². The van der Waals surface area contributed by atoms with Crippen LogP contribution in [0, 0.1) is 0 Å². The number of nitrogens with one attached hydrogen (secondary N) is 1. The normalized spacial score (nSPS) is 15.5. The van der Waals surface area contributed by atoms with Gasteiger partial charge in [0.05, 0.1) is 12.1 Å². The van der Waals surface area contributed by atoms with E-state index in [2.05, 4.69) is 9.72 Å². The van der Waals surface area contributed by atoms with Gasteiger partial charge in [-0.15, -0.1) is 0 Å². The van der Waals surface area contributed by atoms with Crippen LogP contribution in [0.15, 0.2) is 42.6 Å². The van der Waals surface area contributed by atoms with Gasteiger partial charge in [0.1, 0.15) is 22.9 Å². The van der Waals surface area contributed by atoms with Gasteiger partial charge in [0.25, 0.3) is 0 Å². The molecular weight excluding hydrogens is 358 g/mol. The molecule has 0 aliphatic heterocycles. The summed E-state index contributed by atoms with van der Waals surface area (Å²) in [4.78, 5) is 4.80. The van der Waals surface area contributed by atoms with E-state index in [9.17, 15) is 0 Å². The number of halogens is 1. The SMILES string of the molecule is COc1ccccc1/C=C/c1nc2ccc(Cl)cn2c1NC1CCCCC1. The van der Waals surface area contributed by atoms with Gasteiger partial charge in [-0.3, -0.25) is 4.40 Å². The third kappa shape index (κ3) is 3.96. The summed E-state index contributed by atoms with van der Waals surface area (Å²) in [5, 5.41) is 4.42. The van der Waals surface area contributed by atoms with Gasteiger partial charge in [-0.1, -0.05) is 49.1 Å². The van der Waals surface area contributed by atoms with Crippen molar-refractivity contribution >= 4 is 35.2 Å². The van der Waals surface area contributed by atoms with E-state index in [0.717, 1.165) is 28.5 Å². The molecule has 140 valence electrons. The Hall–Kier alpha value is -2.46. The summed E-state index contributed by atoms with van der Waals surface area (Å²) in [6.07, 6.45) is 12.3. The number of para-hydroxylation sites is 1. The van der Waals surface area contributed by atoms with Crippen LogP contribution in [0.3, 0.4) is 0 Å². The Morgan fingerprint density at radius 3 is 2.74 bits per heavy atom. The van der Waals surface area contributed by atoms with E-state index in [1.807, 2.05) is 54.7 Å². The van der Waals surface area contributed by atoms with Gasteiger partial charge in [-0.2, -0.15) is 0 Å². The monoisotopic (exact) mass is 381 g/mol. The molecule has 2 aromatic heterocycles. The summed E-state index contributed by atoms with van der Waals surface area (Å²) in [5.41, 5.74) is 2.82. The molecule has 0 amide bonds. The first-order chi connectivity index (χ1) is 13.2. The lowest BCUT2D eigenvalue weighted by atomic mass is 9.95. The van der Waals surface area contributed by atoms with Crippen molar-refractivity contribution in [2.45, 2.75) is 38.1 Å². The molecule has 0 saturated heterocycles. The maximum absolute atomic E-state index is 6.24. The van der Waals surface area contributed by atoms with Gasteiger partial charge in [0.15, 0.2) is 0 Å². The molecule has 3 aromatic rings. The second kappa shape index (κ2) is 8.05. The number of nitrogens with zero attached hydrogens (tertiary/aromatic N) is 2. The Kier molecular flexibility index (Phi) is 5.35. The molecule has 1 aliphatic carbocycles. The van der Waals surface area contributed by atoms with Gasteiger partial charge in [-0.25, -0.2) is 4.98 Å². The minimum Gasteiger partial charge on any atom is -0.496 e. The highest BCUT2D eigenvalue weighted by Crippen LogP contribution is 2.28. The van der Waals surface area contributed by atoms with Crippen molar-refractivity contribution in [2.24, 2.45) is 0 Å². The standard InChI is InChI=1S/C22H24ClN3O/c1-27-20-10-6-5-7-16(20)11-13-19-22(24-18-8-3-2-4-9-18)26-15-17(23)12-14-21(26)25-19/h5-7,10-15,18,24H,2-4,8-9H2,1H3/b13-11+. The highest BCUT2D eigenvalue weighted by atomic mass is 35.5. The fourth-order valence-electron chi connectivity index (χ4n) is 3.71. The van der Waals surface area contributed by atoms with E-state index >= 15 is 0 Å². The Balaban J connectivity index is 1.72. The van der Waals surface area contributed by atoms with E-state index in [-0.39, 0.29) is 0 Å².